The van der Waals surface area contributed by atoms with E-state index in [-0.39, 0.29) is 12.3 Å². The summed E-state index contributed by atoms with van der Waals surface area (Å²) in [6.45, 7) is 0. The van der Waals surface area contributed by atoms with Crippen LogP contribution in [0.2, 0.25) is 0 Å². The summed E-state index contributed by atoms with van der Waals surface area (Å²) in [7, 11) is 0. The third-order valence-corrected chi connectivity index (χ3v) is 3.05. The van der Waals surface area contributed by atoms with Crippen LogP contribution in [-0.2, 0) is 11.2 Å². The van der Waals surface area contributed by atoms with Crippen LogP contribution in [0.15, 0.2) is 53.2 Å². The van der Waals surface area contributed by atoms with Crippen molar-refractivity contribution in [1.29, 1.82) is 0 Å². The summed E-state index contributed by atoms with van der Waals surface area (Å²) in [5, 5.41) is 10.4. The molecule has 3 aromatic rings. The van der Waals surface area contributed by atoms with Crippen LogP contribution in [0.25, 0.3) is 11.5 Å². The number of pyridine rings is 1. The van der Waals surface area contributed by atoms with Crippen molar-refractivity contribution in [3.05, 3.63) is 60.5 Å². The highest BCUT2D eigenvalue weighted by Crippen LogP contribution is 2.17. The van der Waals surface area contributed by atoms with Crippen molar-refractivity contribution in [3.63, 3.8) is 0 Å². The third kappa shape index (κ3) is 3.97. The number of rotatable bonds is 5. The number of aromatic nitrogens is 3. The molecule has 116 valence electrons. The number of hydrogen-bond acceptors (Lipinski definition) is 5. The van der Waals surface area contributed by atoms with Gasteiger partial charge < -0.3 is 9.73 Å². The number of carbonyl (C=O) groups excluding carboxylic acids is 1. The number of carbonyl (C=O) groups is 1. The van der Waals surface area contributed by atoms with Gasteiger partial charge in [0.05, 0.1) is 5.56 Å². The summed E-state index contributed by atoms with van der Waals surface area (Å²) in [6.07, 6.45) is 3.73. The Morgan fingerprint density at radius 1 is 1.22 bits per heavy atom. The lowest BCUT2D eigenvalue weighted by atomic mass is 10.2. The number of halogens is 1. The Hall–Kier alpha value is -3.09. The van der Waals surface area contributed by atoms with Crippen LogP contribution in [0.1, 0.15) is 12.3 Å². The first-order valence-electron chi connectivity index (χ1n) is 6.99. The second-order valence-corrected chi connectivity index (χ2v) is 4.80. The number of amides is 1. The lowest BCUT2D eigenvalue weighted by molar-refractivity contribution is -0.116. The van der Waals surface area contributed by atoms with E-state index in [1.165, 1.54) is 18.2 Å². The molecule has 1 aromatic carbocycles. The molecule has 0 aliphatic rings. The van der Waals surface area contributed by atoms with Gasteiger partial charge in [0.15, 0.2) is 0 Å². The molecular formula is C16H13FN4O2. The molecule has 0 spiro atoms. The monoisotopic (exact) mass is 312 g/mol. The van der Waals surface area contributed by atoms with Crippen LogP contribution in [-0.4, -0.2) is 21.1 Å². The minimum atomic E-state index is -0.402. The highest BCUT2D eigenvalue weighted by Gasteiger charge is 2.11. The lowest BCUT2D eigenvalue weighted by Gasteiger charge is -2.03. The molecule has 0 saturated carbocycles. The lowest BCUT2D eigenvalue weighted by Crippen LogP contribution is -2.12. The average Bonchev–Trinajstić information content (AvgIpc) is 3.03. The van der Waals surface area contributed by atoms with E-state index in [4.69, 9.17) is 4.42 Å². The van der Waals surface area contributed by atoms with Crippen molar-refractivity contribution in [1.82, 2.24) is 15.2 Å². The first-order chi connectivity index (χ1) is 11.2. The van der Waals surface area contributed by atoms with Gasteiger partial charge >= 0.3 is 0 Å². The second-order valence-electron chi connectivity index (χ2n) is 4.80. The minimum absolute atomic E-state index is 0.158. The Bertz CT molecular complexity index is 805. The maximum absolute atomic E-state index is 13.0. The van der Waals surface area contributed by atoms with Gasteiger partial charge in [0, 0.05) is 30.9 Å². The van der Waals surface area contributed by atoms with Gasteiger partial charge in [-0.3, -0.25) is 9.78 Å². The third-order valence-electron chi connectivity index (χ3n) is 3.05. The molecule has 0 bridgehead atoms. The van der Waals surface area contributed by atoms with Crippen molar-refractivity contribution < 1.29 is 13.6 Å². The predicted molar refractivity (Wildman–Crippen MR) is 80.9 cm³/mol. The molecule has 7 heteroatoms. The molecule has 0 saturated heterocycles. The summed E-state index contributed by atoms with van der Waals surface area (Å²) >= 11 is 0. The SMILES string of the molecule is O=C(CCc1nnc(-c2cccnc2)o1)Nc1cccc(F)c1. The predicted octanol–water partition coefficient (Wildman–Crippen LogP) is 2.84. The molecule has 3 rings (SSSR count). The van der Waals surface area contributed by atoms with E-state index >= 15 is 0 Å². The quantitative estimate of drug-likeness (QED) is 0.783. The number of hydrogen-bond donors (Lipinski definition) is 1. The molecule has 0 aliphatic carbocycles. The fourth-order valence-electron chi connectivity index (χ4n) is 1.97. The average molecular weight is 312 g/mol. The molecule has 2 aromatic heterocycles. The zero-order chi connectivity index (χ0) is 16.1. The fourth-order valence-corrected chi connectivity index (χ4v) is 1.97. The molecule has 1 amide bonds. The minimum Gasteiger partial charge on any atom is -0.421 e. The van der Waals surface area contributed by atoms with E-state index in [2.05, 4.69) is 20.5 Å². The molecule has 0 fully saturated rings. The van der Waals surface area contributed by atoms with E-state index in [0.29, 0.717) is 23.9 Å². The zero-order valence-electron chi connectivity index (χ0n) is 12.1. The molecular weight excluding hydrogens is 299 g/mol. The number of anilines is 1. The van der Waals surface area contributed by atoms with Gasteiger partial charge in [-0.1, -0.05) is 6.07 Å². The van der Waals surface area contributed by atoms with Gasteiger partial charge in [0.2, 0.25) is 17.7 Å². The summed E-state index contributed by atoms with van der Waals surface area (Å²) < 4.78 is 18.5. The topological polar surface area (TPSA) is 80.9 Å². The van der Waals surface area contributed by atoms with Crippen LogP contribution < -0.4 is 5.32 Å². The summed E-state index contributed by atoms with van der Waals surface area (Å²) in [6, 6.07) is 9.29. The van der Waals surface area contributed by atoms with Gasteiger partial charge in [-0.25, -0.2) is 4.39 Å². The van der Waals surface area contributed by atoms with Crippen molar-refractivity contribution in [3.8, 4) is 11.5 Å². The molecule has 2 heterocycles. The summed E-state index contributed by atoms with van der Waals surface area (Å²) in [4.78, 5) is 15.8. The van der Waals surface area contributed by atoms with Crippen molar-refractivity contribution in [2.75, 3.05) is 5.32 Å². The first kappa shape index (κ1) is 14.8. The van der Waals surface area contributed by atoms with E-state index in [0.717, 1.165) is 5.56 Å². The maximum atomic E-state index is 13.0. The van der Waals surface area contributed by atoms with Gasteiger partial charge in [-0.2, -0.15) is 0 Å². The molecule has 6 nitrogen and oxygen atoms in total. The van der Waals surface area contributed by atoms with Crippen LogP contribution >= 0.6 is 0 Å². The van der Waals surface area contributed by atoms with Crippen LogP contribution in [0.5, 0.6) is 0 Å². The Morgan fingerprint density at radius 2 is 2.13 bits per heavy atom. The standard InChI is InChI=1S/C16H13FN4O2/c17-12-4-1-5-13(9-12)19-14(22)6-7-15-20-21-16(23-15)11-3-2-8-18-10-11/h1-5,8-10H,6-7H2,(H,19,22). The fraction of sp³-hybridized carbons (Fsp3) is 0.125. The van der Waals surface area contributed by atoms with Gasteiger partial charge in [-0.05, 0) is 30.3 Å². The Balaban J connectivity index is 1.56. The number of nitrogens with zero attached hydrogens (tertiary/aromatic N) is 3. The Labute approximate surface area is 131 Å². The maximum Gasteiger partial charge on any atom is 0.249 e. The normalized spacial score (nSPS) is 10.5. The molecule has 0 atom stereocenters. The van der Waals surface area contributed by atoms with E-state index in [1.54, 1.807) is 30.6 Å². The van der Waals surface area contributed by atoms with Crippen molar-refractivity contribution in [2.45, 2.75) is 12.8 Å². The second kappa shape index (κ2) is 6.78. The van der Waals surface area contributed by atoms with Gasteiger partial charge in [0.25, 0.3) is 0 Å². The largest absolute Gasteiger partial charge is 0.421 e. The Morgan fingerprint density at radius 3 is 2.91 bits per heavy atom. The molecule has 0 radical (unpaired) electrons. The molecule has 23 heavy (non-hydrogen) atoms. The van der Waals surface area contributed by atoms with Gasteiger partial charge in [0.1, 0.15) is 5.82 Å². The van der Waals surface area contributed by atoms with E-state index in [9.17, 15) is 9.18 Å². The van der Waals surface area contributed by atoms with Crippen molar-refractivity contribution >= 4 is 11.6 Å². The van der Waals surface area contributed by atoms with Crippen molar-refractivity contribution in [2.24, 2.45) is 0 Å². The highest BCUT2D eigenvalue weighted by molar-refractivity contribution is 5.90. The van der Waals surface area contributed by atoms with Crippen LogP contribution in [0.3, 0.4) is 0 Å². The van der Waals surface area contributed by atoms with Gasteiger partial charge in [-0.15, -0.1) is 10.2 Å². The van der Waals surface area contributed by atoms with E-state index in [1.807, 2.05) is 0 Å². The highest BCUT2D eigenvalue weighted by atomic mass is 19.1. The van der Waals surface area contributed by atoms with E-state index < -0.39 is 5.82 Å². The molecule has 0 aliphatic heterocycles. The molecule has 1 N–H and O–H groups in total. The number of benzene rings is 1. The zero-order valence-corrected chi connectivity index (χ0v) is 12.1. The summed E-state index contributed by atoms with van der Waals surface area (Å²) in [5.41, 5.74) is 1.13. The van der Waals surface area contributed by atoms with Crippen LogP contribution in [0.4, 0.5) is 10.1 Å². The van der Waals surface area contributed by atoms with Crippen LogP contribution in [0, 0.1) is 5.82 Å². The number of aryl methyl sites for hydroxylation is 1. The number of nitrogens with one attached hydrogen (secondary N) is 1. The first-order valence-corrected chi connectivity index (χ1v) is 6.99. The smallest absolute Gasteiger partial charge is 0.249 e. The molecule has 0 unspecified atom stereocenters. The summed E-state index contributed by atoms with van der Waals surface area (Å²) in [5.74, 6) is 0.0643. The Kier molecular flexibility index (Phi) is 4.37.